The molecule has 0 unspecified atom stereocenters. The SMILES string of the molecule is CCCCCCCC/C=C/c1ccccc1O. The molecule has 0 fully saturated rings. The van der Waals surface area contributed by atoms with Crippen molar-refractivity contribution in [2.45, 2.75) is 51.9 Å². The third-order valence-electron chi connectivity index (χ3n) is 2.96. The molecule has 1 N–H and O–H groups in total. The van der Waals surface area contributed by atoms with Crippen LogP contribution in [-0.2, 0) is 0 Å². The van der Waals surface area contributed by atoms with Gasteiger partial charge in [0.2, 0.25) is 0 Å². The van der Waals surface area contributed by atoms with E-state index in [1.165, 1.54) is 38.5 Å². The molecule has 1 rings (SSSR count). The molecule has 0 heterocycles. The number of rotatable bonds is 8. The smallest absolute Gasteiger partial charge is 0.122 e. The minimum absolute atomic E-state index is 0.367. The molecule has 0 atom stereocenters. The van der Waals surface area contributed by atoms with Gasteiger partial charge in [-0.1, -0.05) is 69.4 Å². The average Bonchev–Trinajstić information content (AvgIpc) is 2.35. The van der Waals surface area contributed by atoms with Gasteiger partial charge in [0.05, 0.1) is 0 Å². The minimum Gasteiger partial charge on any atom is -0.507 e. The number of benzene rings is 1. The van der Waals surface area contributed by atoms with Crippen LogP contribution in [0.1, 0.15) is 57.4 Å². The van der Waals surface area contributed by atoms with Crippen molar-refractivity contribution in [2.75, 3.05) is 0 Å². The highest BCUT2D eigenvalue weighted by molar-refractivity contribution is 5.56. The molecule has 0 saturated carbocycles. The summed E-state index contributed by atoms with van der Waals surface area (Å²) in [4.78, 5) is 0. The highest BCUT2D eigenvalue weighted by Crippen LogP contribution is 2.17. The Balaban J connectivity index is 2.12. The zero-order valence-corrected chi connectivity index (χ0v) is 10.9. The van der Waals surface area contributed by atoms with Gasteiger partial charge < -0.3 is 5.11 Å². The molecule has 1 nitrogen and oxygen atoms in total. The van der Waals surface area contributed by atoms with Gasteiger partial charge in [0.25, 0.3) is 0 Å². The van der Waals surface area contributed by atoms with E-state index < -0.39 is 0 Å². The second-order valence-corrected chi connectivity index (χ2v) is 4.52. The maximum atomic E-state index is 9.56. The number of phenols is 1. The topological polar surface area (TPSA) is 20.2 Å². The Kier molecular flexibility index (Phi) is 7.20. The Morgan fingerprint density at radius 1 is 1.00 bits per heavy atom. The van der Waals surface area contributed by atoms with Gasteiger partial charge in [-0.15, -0.1) is 0 Å². The Bertz CT molecular complexity index is 328. The lowest BCUT2D eigenvalue weighted by Gasteiger charge is -1.99. The summed E-state index contributed by atoms with van der Waals surface area (Å²) < 4.78 is 0. The van der Waals surface area contributed by atoms with Crippen molar-refractivity contribution in [1.29, 1.82) is 0 Å². The van der Waals surface area contributed by atoms with Gasteiger partial charge in [0.15, 0.2) is 0 Å². The zero-order valence-electron chi connectivity index (χ0n) is 10.9. The van der Waals surface area contributed by atoms with Crippen molar-refractivity contribution < 1.29 is 5.11 Å². The van der Waals surface area contributed by atoms with E-state index in [1.807, 2.05) is 24.3 Å². The van der Waals surface area contributed by atoms with Crippen LogP contribution >= 0.6 is 0 Å². The van der Waals surface area contributed by atoms with Crippen LogP contribution in [0.5, 0.6) is 5.75 Å². The molecule has 17 heavy (non-hydrogen) atoms. The molecule has 1 aromatic rings. The predicted octanol–water partition coefficient (Wildman–Crippen LogP) is 5.16. The number of unbranched alkanes of at least 4 members (excludes halogenated alkanes) is 6. The van der Waals surface area contributed by atoms with Crippen molar-refractivity contribution in [3.8, 4) is 5.75 Å². The summed E-state index contributed by atoms with van der Waals surface area (Å²) in [7, 11) is 0. The van der Waals surface area contributed by atoms with Gasteiger partial charge in [0, 0.05) is 5.56 Å². The molecule has 0 amide bonds. The van der Waals surface area contributed by atoms with Gasteiger partial charge >= 0.3 is 0 Å². The molecule has 0 aliphatic carbocycles. The third-order valence-corrected chi connectivity index (χ3v) is 2.96. The predicted molar refractivity (Wildman–Crippen MR) is 75.1 cm³/mol. The summed E-state index contributed by atoms with van der Waals surface area (Å²) in [5.74, 6) is 0.367. The van der Waals surface area contributed by atoms with Crippen LogP contribution in [0.25, 0.3) is 6.08 Å². The Labute approximate surface area is 105 Å². The lowest BCUT2D eigenvalue weighted by atomic mass is 10.1. The maximum absolute atomic E-state index is 9.56. The first kappa shape index (κ1) is 13.8. The number of hydrogen-bond donors (Lipinski definition) is 1. The molecular weight excluding hydrogens is 208 g/mol. The molecule has 0 saturated heterocycles. The van der Waals surface area contributed by atoms with Gasteiger partial charge in [0.1, 0.15) is 5.75 Å². The summed E-state index contributed by atoms with van der Waals surface area (Å²) in [6, 6.07) is 7.46. The van der Waals surface area contributed by atoms with Gasteiger partial charge in [-0.05, 0) is 18.9 Å². The summed E-state index contributed by atoms with van der Waals surface area (Å²) in [5, 5.41) is 9.56. The first-order valence-corrected chi connectivity index (χ1v) is 6.79. The van der Waals surface area contributed by atoms with Crippen LogP contribution in [0.15, 0.2) is 30.3 Å². The van der Waals surface area contributed by atoms with E-state index in [-0.39, 0.29) is 0 Å². The van der Waals surface area contributed by atoms with E-state index in [9.17, 15) is 5.11 Å². The molecule has 94 valence electrons. The van der Waals surface area contributed by atoms with Crippen LogP contribution in [0.3, 0.4) is 0 Å². The summed E-state index contributed by atoms with van der Waals surface area (Å²) in [5.41, 5.74) is 0.915. The Morgan fingerprint density at radius 2 is 1.71 bits per heavy atom. The van der Waals surface area contributed by atoms with Gasteiger partial charge in [-0.25, -0.2) is 0 Å². The second kappa shape index (κ2) is 8.86. The fourth-order valence-electron chi connectivity index (χ4n) is 1.88. The van der Waals surface area contributed by atoms with Gasteiger partial charge in [-0.2, -0.15) is 0 Å². The molecule has 0 spiro atoms. The van der Waals surface area contributed by atoms with Crippen molar-refractivity contribution in [1.82, 2.24) is 0 Å². The number of hydrogen-bond acceptors (Lipinski definition) is 1. The summed E-state index contributed by atoms with van der Waals surface area (Å²) in [6.07, 6.45) is 13.3. The van der Waals surface area contributed by atoms with E-state index in [0.717, 1.165) is 12.0 Å². The van der Waals surface area contributed by atoms with Crippen LogP contribution in [0.4, 0.5) is 0 Å². The first-order valence-electron chi connectivity index (χ1n) is 6.79. The fourth-order valence-corrected chi connectivity index (χ4v) is 1.88. The van der Waals surface area contributed by atoms with E-state index in [4.69, 9.17) is 0 Å². The van der Waals surface area contributed by atoms with E-state index in [0.29, 0.717) is 5.75 Å². The standard InChI is InChI=1S/C16H24O/c1-2-3-4-5-6-7-8-9-12-15-13-10-11-14-16(15)17/h9-14,17H,2-8H2,1H3/b12-9+. The molecule has 0 bridgehead atoms. The maximum Gasteiger partial charge on any atom is 0.122 e. The number of phenolic OH excluding ortho intramolecular Hbond substituents is 1. The van der Waals surface area contributed by atoms with E-state index in [2.05, 4.69) is 13.0 Å². The number of allylic oxidation sites excluding steroid dienone is 1. The van der Waals surface area contributed by atoms with E-state index >= 15 is 0 Å². The monoisotopic (exact) mass is 232 g/mol. The van der Waals surface area contributed by atoms with Crippen LogP contribution in [0.2, 0.25) is 0 Å². The number of para-hydroxylation sites is 1. The molecule has 1 aromatic carbocycles. The third kappa shape index (κ3) is 6.15. The van der Waals surface area contributed by atoms with Crippen LogP contribution < -0.4 is 0 Å². The molecule has 0 radical (unpaired) electrons. The summed E-state index contributed by atoms with van der Waals surface area (Å²) >= 11 is 0. The van der Waals surface area contributed by atoms with E-state index in [1.54, 1.807) is 6.07 Å². The highest BCUT2D eigenvalue weighted by atomic mass is 16.3. The van der Waals surface area contributed by atoms with Crippen molar-refractivity contribution in [3.05, 3.63) is 35.9 Å². The largest absolute Gasteiger partial charge is 0.507 e. The van der Waals surface area contributed by atoms with Crippen molar-refractivity contribution in [3.63, 3.8) is 0 Å². The van der Waals surface area contributed by atoms with Gasteiger partial charge in [-0.3, -0.25) is 0 Å². The zero-order chi connectivity index (χ0) is 12.3. The summed E-state index contributed by atoms with van der Waals surface area (Å²) in [6.45, 7) is 2.25. The first-order chi connectivity index (χ1) is 8.34. The minimum atomic E-state index is 0.367. The van der Waals surface area contributed by atoms with Crippen LogP contribution in [-0.4, -0.2) is 5.11 Å². The molecule has 1 heteroatoms. The lowest BCUT2D eigenvalue weighted by Crippen LogP contribution is -1.78. The molecular formula is C16H24O. The molecule has 0 aliphatic rings. The highest BCUT2D eigenvalue weighted by Gasteiger charge is 1.93. The fraction of sp³-hybridized carbons (Fsp3) is 0.500. The Hall–Kier alpha value is -1.24. The average molecular weight is 232 g/mol. The Morgan fingerprint density at radius 3 is 2.47 bits per heavy atom. The van der Waals surface area contributed by atoms with Crippen molar-refractivity contribution >= 4 is 6.08 Å². The van der Waals surface area contributed by atoms with Crippen LogP contribution in [0, 0.1) is 0 Å². The molecule has 0 aromatic heterocycles. The lowest BCUT2D eigenvalue weighted by molar-refractivity contribution is 0.474. The van der Waals surface area contributed by atoms with Crippen molar-refractivity contribution in [2.24, 2.45) is 0 Å². The quantitative estimate of drug-likeness (QED) is 0.614. The number of aromatic hydroxyl groups is 1. The normalized spacial score (nSPS) is 11.1. The molecule has 0 aliphatic heterocycles. The second-order valence-electron chi connectivity index (χ2n) is 4.52.